The maximum absolute atomic E-state index is 12.2. The molecule has 6 heteroatoms. The zero-order valence-electron chi connectivity index (χ0n) is 17.2. The Morgan fingerprint density at radius 3 is 2.59 bits per heavy atom. The van der Waals surface area contributed by atoms with Gasteiger partial charge >= 0.3 is 5.97 Å². The molecule has 2 saturated carbocycles. The van der Waals surface area contributed by atoms with Crippen LogP contribution in [-0.4, -0.2) is 52.3 Å². The van der Waals surface area contributed by atoms with Crippen LogP contribution in [0, 0.1) is 22.7 Å². The van der Waals surface area contributed by atoms with Gasteiger partial charge in [0.2, 0.25) is 0 Å². The molecule has 6 nitrogen and oxygen atoms in total. The molecule has 0 bridgehead atoms. The zero-order valence-corrected chi connectivity index (χ0v) is 17.2. The summed E-state index contributed by atoms with van der Waals surface area (Å²) in [6, 6.07) is 0. The molecular weight excluding hydrogens is 372 g/mol. The first-order chi connectivity index (χ1) is 13.7. The molecule has 3 rings (SSSR count). The summed E-state index contributed by atoms with van der Waals surface area (Å²) in [5.74, 6) is -0.173. The van der Waals surface area contributed by atoms with Gasteiger partial charge in [-0.25, -0.2) is 4.79 Å². The van der Waals surface area contributed by atoms with Crippen molar-refractivity contribution in [3.63, 3.8) is 0 Å². The van der Waals surface area contributed by atoms with Crippen LogP contribution in [0.15, 0.2) is 47.3 Å². The molecule has 0 aromatic carbocycles. The average molecular weight is 405 g/mol. The van der Waals surface area contributed by atoms with Gasteiger partial charge in [-0.3, -0.25) is 0 Å². The Morgan fingerprint density at radius 2 is 1.97 bits per heavy atom. The van der Waals surface area contributed by atoms with Crippen LogP contribution in [0.1, 0.15) is 39.5 Å². The summed E-state index contributed by atoms with van der Waals surface area (Å²) in [7, 11) is 0. The second-order valence-electron chi connectivity index (χ2n) is 9.08. The van der Waals surface area contributed by atoms with E-state index in [2.05, 4.69) is 13.5 Å². The molecule has 3 aliphatic rings. The molecule has 2 aliphatic carbocycles. The maximum atomic E-state index is 12.2. The molecule has 5 unspecified atom stereocenters. The van der Waals surface area contributed by atoms with Crippen molar-refractivity contribution in [1.29, 1.82) is 0 Å². The first-order valence-corrected chi connectivity index (χ1v) is 10.2. The molecule has 5 atom stereocenters. The lowest BCUT2D eigenvalue weighted by Crippen LogP contribution is -2.57. The molecule has 0 aromatic heterocycles. The van der Waals surface area contributed by atoms with E-state index in [0.29, 0.717) is 12.0 Å². The van der Waals surface area contributed by atoms with Gasteiger partial charge in [0.1, 0.15) is 5.76 Å². The molecule has 0 amide bonds. The number of hydrogen-bond donors (Lipinski definition) is 4. The minimum absolute atomic E-state index is 0.0107. The first kappa shape index (κ1) is 22.0. The summed E-state index contributed by atoms with van der Waals surface area (Å²) in [4.78, 5) is 12.2. The Kier molecular flexibility index (Phi) is 6.20. The normalized spacial score (nSPS) is 37.5. The molecule has 0 aromatic rings. The van der Waals surface area contributed by atoms with E-state index in [0.717, 1.165) is 24.8 Å². The molecule has 1 aliphatic heterocycles. The van der Waals surface area contributed by atoms with Crippen LogP contribution in [0.3, 0.4) is 0 Å². The minimum Gasteiger partial charge on any atom is -0.423 e. The Morgan fingerprint density at radius 1 is 1.28 bits per heavy atom. The largest absolute Gasteiger partial charge is 0.423 e. The zero-order chi connectivity index (χ0) is 21.4. The number of rotatable bonds is 5. The van der Waals surface area contributed by atoms with Crippen LogP contribution in [-0.2, 0) is 9.53 Å². The molecule has 4 N–H and O–H groups in total. The second kappa shape index (κ2) is 8.19. The van der Waals surface area contributed by atoms with Crippen molar-refractivity contribution in [3.8, 4) is 0 Å². The van der Waals surface area contributed by atoms with Crippen molar-refractivity contribution in [2.45, 2.75) is 45.6 Å². The van der Waals surface area contributed by atoms with Gasteiger partial charge in [0.25, 0.3) is 0 Å². The molecule has 0 saturated heterocycles. The fourth-order valence-electron chi connectivity index (χ4n) is 5.58. The first-order valence-electron chi connectivity index (χ1n) is 10.2. The molecule has 1 heterocycles. The Hall–Kier alpha value is -1.73. The lowest BCUT2D eigenvalue weighted by atomic mass is 9.46. The summed E-state index contributed by atoms with van der Waals surface area (Å²) in [6.45, 7) is 7.61. The number of carbonyl (C=O) groups excluding carboxylic acids is 1. The number of cyclic esters (lactones) is 1. The third-order valence-electron chi connectivity index (χ3n) is 7.48. The minimum atomic E-state index is -0.557. The smallest absolute Gasteiger partial charge is 0.343 e. The Labute approximate surface area is 171 Å². The van der Waals surface area contributed by atoms with E-state index in [-0.39, 0.29) is 48.4 Å². The van der Waals surface area contributed by atoms with Crippen molar-refractivity contribution >= 4 is 5.97 Å². The van der Waals surface area contributed by atoms with Crippen molar-refractivity contribution in [2.75, 3.05) is 19.8 Å². The highest BCUT2D eigenvalue weighted by Crippen LogP contribution is 2.61. The van der Waals surface area contributed by atoms with Crippen LogP contribution in [0.4, 0.5) is 0 Å². The van der Waals surface area contributed by atoms with E-state index in [9.17, 15) is 25.2 Å². The van der Waals surface area contributed by atoms with E-state index in [1.807, 2.05) is 13.0 Å². The van der Waals surface area contributed by atoms with Gasteiger partial charge in [-0.15, -0.1) is 0 Å². The van der Waals surface area contributed by atoms with Gasteiger partial charge in [0.05, 0.1) is 31.5 Å². The number of allylic oxidation sites excluding steroid dienone is 3. The molecule has 0 spiro atoms. The van der Waals surface area contributed by atoms with Gasteiger partial charge in [-0.2, -0.15) is 0 Å². The quantitative estimate of drug-likeness (QED) is 0.412. The second-order valence-corrected chi connectivity index (χ2v) is 9.08. The Bertz CT molecular complexity index is 772. The molecule has 2 fully saturated rings. The summed E-state index contributed by atoms with van der Waals surface area (Å²) in [5.41, 5.74) is 0.977. The highest BCUT2D eigenvalue weighted by Gasteiger charge is 2.57. The Balaban J connectivity index is 1.92. The third kappa shape index (κ3) is 3.63. The average Bonchev–Trinajstić information content (AvgIpc) is 3.06. The molecule has 0 radical (unpaired) electrons. The van der Waals surface area contributed by atoms with Crippen LogP contribution >= 0.6 is 0 Å². The van der Waals surface area contributed by atoms with E-state index in [1.165, 1.54) is 6.08 Å². The molecule has 29 heavy (non-hydrogen) atoms. The monoisotopic (exact) mass is 404 g/mol. The van der Waals surface area contributed by atoms with E-state index in [4.69, 9.17) is 4.74 Å². The predicted octanol–water partition coefficient (Wildman–Crippen LogP) is 2.01. The fourth-order valence-corrected chi connectivity index (χ4v) is 5.58. The highest BCUT2D eigenvalue weighted by atomic mass is 16.5. The van der Waals surface area contributed by atoms with Crippen molar-refractivity contribution < 1.29 is 30.0 Å². The van der Waals surface area contributed by atoms with Crippen LogP contribution in [0.25, 0.3) is 0 Å². The van der Waals surface area contributed by atoms with E-state index in [1.54, 1.807) is 6.08 Å². The number of carbonyl (C=O) groups is 1. The predicted molar refractivity (Wildman–Crippen MR) is 108 cm³/mol. The topological polar surface area (TPSA) is 107 Å². The fraction of sp³-hybridized carbons (Fsp3) is 0.609. The number of fused-ring (bicyclic) bond motifs is 1. The number of aliphatic hydroxyl groups is 4. The number of ether oxygens (including phenoxy) is 1. The number of esters is 1. The van der Waals surface area contributed by atoms with Crippen molar-refractivity contribution in [2.24, 2.45) is 22.7 Å². The van der Waals surface area contributed by atoms with Gasteiger partial charge in [-0.05, 0) is 43.1 Å². The molecular formula is C23H32O6. The summed E-state index contributed by atoms with van der Waals surface area (Å²) in [6.07, 6.45) is 7.84. The SMILES string of the molecule is C=C1CCC2C(C)(CO)C(O)CCC2(C)C1C=CC1=CC(=C(CO)CO)OC1=O. The van der Waals surface area contributed by atoms with Gasteiger partial charge in [0.15, 0.2) is 0 Å². The van der Waals surface area contributed by atoms with Crippen molar-refractivity contribution in [1.82, 2.24) is 0 Å². The van der Waals surface area contributed by atoms with Gasteiger partial charge in [0, 0.05) is 16.9 Å². The maximum Gasteiger partial charge on any atom is 0.343 e. The number of hydrogen-bond acceptors (Lipinski definition) is 6. The van der Waals surface area contributed by atoms with Gasteiger partial charge < -0.3 is 25.2 Å². The summed E-state index contributed by atoms with van der Waals surface area (Å²) in [5, 5.41) is 39.2. The van der Waals surface area contributed by atoms with Crippen LogP contribution in [0.2, 0.25) is 0 Å². The van der Waals surface area contributed by atoms with E-state index < -0.39 is 17.5 Å². The van der Waals surface area contributed by atoms with E-state index >= 15 is 0 Å². The highest BCUT2D eigenvalue weighted by molar-refractivity contribution is 5.95. The number of aliphatic hydroxyl groups excluding tert-OH is 4. The molecule has 160 valence electrons. The van der Waals surface area contributed by atoms with Gasteiger partial charge in [-0.1, -0.05) is 38.2 Å². The summed E-state index contributed by atoms with van der Waals surface area (Å²) < 4.78 is 5.17. The van der Waals surface area contributed by atoms with Crippen molar-refractivity contribution in [3.05, 3.63) is 47.3 Å². The lowest BCUT2D eigenvalue weighted by molar-refractivity contribution is -0.145. The third-order valence-corrected chi connectivity index (χ3v) is 7.48. The summed E-state index contributed by atoms with van der Waals surface area (Å²) >= 11 is 0. The standard InChI is InChI=1S/C23H32O6/c1-14-4-7-19-22(2,9-8-20(27)23(19,3)13-26)17(14)6-5-15-10-18(29-21(15)28)16(11-24)12-25/h5-6,10,17,19-20,24-27H,1,4,7-9,11-13H2,2-3H3. The van der Waals surface area contributed by atoms with Crippen LogP contribution < -0.4 is 0 Å². The lowest BCUT2D eigenvalue weighted by Gasteiger charge is -2.59. The van der Waals surface area contributed by atoms with Crippen LogP contribution in [0.5, 0.6) is 0 Å².